The molecule has 4 saturated carbocycles. The topological polar surface area (TPSA) is 84.2 Å². The second-order valence-corrected chi connectivity index (χ2v) is 9.86. The molecule has 0 amide bonds. The lowest BCUT2D eigenvalue weighted by molar-refractivity contribution is -0.151. The second kappa shape index (κ2) is 6.80. The highest BCUT2D eigenvalue weighted by Gasteiger charge is 2.59. The number of carboxylic acids is 1. The molecule has 8 heteroatoms. The molecule has 0 aliphatic heterocycles. The molecule has 1 aromatic heterocycles. The molecule has 4 bridgehead atoms. The molecule has 6 nitrogen and oxygen atoms in total. The molecule has 30 heavy (non-hydrogen) atoms. The average molecular weight is 432 g/mol. The molecule has 4 aliphatic rings. The number of aromatic nitrogens is 2. The molecule has 4 atom stereocenters. The summed E-state index contributed by atoms with van der Waals surface area (Å²) < 4.78 is 15.0. The van der Waals surface area contributed by atoms with Crippen molar-refractivity contribution in [1.29, 1.82) is 0 Å². The number of carbonyl (C=O) groups is 1. The van der Waals surface area contributed by atoms with Gasteiger partial charge in [0.2, 0.25) is 0 Å². The Morgan fingerprint density at radius 2 is 2.03 bits per heavy atom. The Morgan fingerprint density at radius 1 is 1.30 bits per heavy atom. The molecular weight excluding hydrogens is 409 g/mol. The minimum atomic E-state index is -0.778. The van der Waals surface area contributed by atoms with Crippen molar-refractivity contribution < 1.29 is 14.3 Å². The van der Waals surface area contributed by atoms with Gasteiger partial charge in [-0.2, -0.15) is 5.10 Å². The Bertz CT molecular complexity index is 1070. The van der Waals surface area contributed by atoms with Gasteiger partial charge in [-0.05, 0) is 74.0 Å². The highest BCUT2D eigenvalue weighted by Crippen LogP contribution is 2.65. The molecule has 4 fully saturated rings. The summed E-state index contributed by atoms with van der Waals surface area (Å²) in [5, 5.41) is 16.9. The van der Waals surface area contributed by atoms with Crippen molar-refractivity contribution in [3.63, 3.8) is 0 Å². The van der Waals surface area contributed by atoms with Crippen LogP contribution in [-0.4, -0.2) is 20.9 Å². The van der Waals surface area contributed by atoms with Crippen molar-refractivity contribution in [3.05, 3.63) is 51.7 Å². The maximum atomic E-state index is 13.5. The number of nitrogens with one attached hydrogen (secondary N) is 1. The number of aliphatic carboxylic acids is 1. The molecule has 1 aromatic carbocycles. The summed E-state index contributed by atoms with van der Waals surface area (Å²) in [6.45, 7) is 0. The fourth-order valence-electron chi connectivity index (χ4n) is 6.76. The van der Waals surface area contributed by atoms with Crippen LogP contribution in [0.2, 0.25) is 5.02 Å². The number of hydrogen-bond acceptors (Lipinski definition) is 4. The number of carboxylic acid groups (broad SMARTS) is 1. The van der Waals surface area contributed by atoms with Gasteiger partial charge in [0.1, 0.15) is 10.8 Å². The molecule has 0 saturated heterocycles. The Labute approximate surface area is 178 Å². The summed E-state index contributed by atoms with van der Waals surface area (Å²) >= 11 is 6.42. The van der Waals surface area contributed by atoms with E-state index in [4.69, 9.17) is 11.6 Å². The Kier molecular flexibility index (Phi) is 4.43. The average Bonchev–Trinajstić information content (AvgIpc) is 2.63. The van der Waals surface area contributed by atoms with Gasteiger partial charge in [-0.15, -0.1) is 0 Å². The van der Waals surface area contributed by atoms with Gasteiger partial charge in [-0.25, -0.2) is 9.07 Å². The minimum Gasteiger partial charge on any atom is -0.481 e. The van der Waals surface area contributed by atoms with E-state index < -0.39 is 17.3 Å². The fourth-order valence-corrected chi connectivity index (χ4v) is 6.93. The third-order valence-electron chi connectivity index (χ3n) is 7.15. The van der Waals surface area contributed by atoms with Gasteiger partial charge in [0, 0.05) is 5.69 Å². The lowest BCUT2D eigenvalue weighted by Gasteiger charge is -2.61. The Balaban J connectivity index is 1.51. The normalized spacial score (nSPS) is 31.7. The van der Waals surface area contributed by atoms with E-state index in [0.717, 1.165) is 32.1 Å². The van der Waals surface area contributed by atoms with Crippen molar-refractivity contribution in [3.8, 4) is 0 Å². The predicted molar refractivity (Wildman–Crippen MR) is 111 cm³/mol. The van der Waals surface area contributed by atoms with Crippen LogP contribution in [0.15, 0.2) is 35.3 Å². The minimum absolute atomic E-state index is 0.0114. The van der Waals surface area contributed by atoms with E-state index in [2.05, 4.69) is 10.4 Å². The first-order valence-corrected chi connectivity index (χ1v) is 10.7. The molecule has 6 rings (SSSR count). The number of hydrogen-bond donors (Lipinski definition) is 2. The van der Waals surface area contributed by atoms with Crippen LogP contribution in [0.3, 0.4) is 0 Å². The third-order valence-corrected chi connectivity index (χ3v) is 7.51. The van der Waals surface area contributed by atoms with Crippen LogP contribution in [0.25, 0.3) is 0 Å². The van der Waals surface area contributed by atoms with E-state index in [1.54, 1.807) is 12.1 Å². The number of rotatable bonds is 5. The lowest BCUT2D eigenvalue weighted by Crippen LogP contribution is -2.59. The van der Waals surface area contributed by atoms with E-state index in [1.165, 1.54) is 23.0 Å². The maximum absolute atomic E-state index is 13.5. The Hall–Kier alpha value is -2.41. The maximum Gasteiger partial charge on any atom is 0.303 e. The van der Waals surface area contributed by atoms with Gasteiger partial charge >= 0.3 is 5.97 Å². The van der Waals surface area contributed by atoms with Crippen LogP contribution in [-0.2, 0) is 10.3 Å². The summed E-state index contributed by atoms with van der Waals surface area (Å²) in [6, 6.07) is 5.90. The third kappa shape index (κ3) is 3.20. The zero-order valence-corrected chi connectivity index (χ0v) is 17.2. The van der Waals surface area contributed by atoms with Gasteiger partial charge in [0.05, 0.1) is 23.8 Å². The summed E-state index contributed by atoms with van der Waals surface area (Å²) in [7, 11) is 0. The fraction of sp³-hybridized carbons (Fsp3) is 0.500. The SMILES string of the molecule is O=C(O)CC12C[C@H]3C[C@@H](C1)CC(n1ncc(Nc4cccc(F)c4)c(Cl)c1=O)(C3)C2. The first-order chi connectivity index (χ1) is 14.3. The van der Waals surface area contributed by atoms with Crippen LogP contribution in [0.4, 0.5) is 15.8 Å². The molecule has 2 unspecified atom stereocenters. The van der Waals surface area contributed by atoms with Crippen LogP contribution in [0.1, 0.15) is 44.9 Å². The van der Waals surface area contributed by atoms with Gasteiger partial charge in [-0.1, -0.05) is 17.7 Å². The van der Waals surface area contributed by atoms with Gasteiger partial charge in [-0.3, -0.25) is 9.59 Å². The smallest absolute Gasteiger partial charge is 0.303 e. The molecule has 1 heterocycles. The summed E-state index contributed by atoms with van der Waals surface area (Å²) in [5.74, 6) is -0.332. The van der Waals surface area contributed by atoms with Gasteiger partial charge in [0.15, 0.2) is 0 Å². The predicted octanol–water partition coefficient (Wildman–Crippen LogP) is 4.55. The zero-order valence-electron chi connectivity index (χ0n) is 16.4. The van der Waals surface area contributed by atoms with Crippen molar-refractivity contribution in [2.45, 2.75) is 50.5 Å². The first-order valence-electron chi connectivity index (χ1n) is 10.3. The molecule has 0 radical (unpaired) electrons. The summed E-state index contributed by atoms with van der Waals surface area (Å²) in [4.78, 5) is 24.8. The summed E-state index contributed by atoms with van der Waals surface area (Å²) in [6.07, 6.45) is 6.92. The second-order valence-electron chi connectivity index (χ2n) is 9.48. The highest BCUT2D eigenvalue weighted by molar-refractivity contribution is 6.33. The number of nitrogens with zero attached hydrogens (tertiary/aromatic N) is 2. The summed E-state index contributed by atoms with van der Waals surface area (Å²) in [5.41, 5.74) is -0.315. The standard InChI is InChI=1S/C22H23ClFN3O3/c23-19-17(26-16-3-1-2-15(24)5-16)11-25-27(20(19)30)22-8-13-4-14(9-22)7-21(6-13,12-22)10-18(28)29/h1-3,5,11,13-14,26H,4,6-10,12H2,(H,28,29)/t13-,14+,21?,22?. The number of benzene rings is 1. The number of anilines is 2. The van der Waals surface area contributed by atoms with E-state index >= 15 is 0 Å². The highest BCUT2D eigenvalue weighted by atomic mass is 35.5. The lowest BCUT2D eigenvalue weighted by atomic mass is 9.46. The molecule has 2 N–H and O–H groups in total. The van der Waals surface area contributed by atoms with Crippen molar-refractivity contribution in [2.75, 3.05) is 5.32 Å². The van der Waals surface area contributed by atoms with Gasteiger partial charge in [0.25, 0.3) is 5.56 Å². The molecule has 0 spiro atoms. The monoisotopic (exact) mass is 431 g/mol. The molecule has 158 valence electrons. The van der Waals surface area contributed by atoms with Crippen molar-refractivity contribution in [2.24, 2.45) is 17.3 Å². The van der Waals surface area contributed by atoms with Gasteiger partial charge < -0.3 is 10.4 Å². The first kappa shape index (κ1) is 19.5. The van der Waals surface area contributed by atoms with Crippen LogP contribution in [0.5, 0.6) is 0 Å². The van der Waals surface area contributed by atoms with Crippen molar-refractivity contribution in [1.82, 2.24) is 9.78 Å². The molecule has 2 aromatic rings. The van der Waals surface area contributed by atoms with Crippen LogP contribution >= 0.6 is 11.6 Å². The molecular formula is C22H23ClFN3O3. The van der Waals surface area contributed by atoms with E-state index in [1.807, 2.05) is 0 Å². The quantitative estimate of drug-likeness (QED) is 0.725. The van der Waals surface area contributed by atoms with E-state index in [-0.39, 0.29) is 22.4 Å². The largest absolute Gasteiger partial charge is 0.481 e. The van der Waals surface area contributed by atoms with E-state index in [0.29, 0.717) is 29.6 Å². The van der Waals surface area contributed by atoms with E-state index in [9.17, 15) is 19.1 Å². The van der Waals surface area contributed by atoms with Crippen LogP contribution in [0, 0.1) is 23.1 Å². The number of halogens is 2. The van der Waals surface area contributed by atoms with Crippen molar-refractivity contribution >= 4 is 28.9 Å². The van der Waals surface area contributed by atoms with Crippen LogP contribution < -0.4 is 10.9 Å². The Morgan fingerprint density at radius 3 is 2.70 bits per heavy atom. The molecule has 4 aliphatic carbocycles. The zero-order chi connectivity index (χ0) is 21.1.